The molecule has 5 nitrogen and oxygen atoms in total. The number of hydrogen-bond donors (Lipinski definition) is 2. The minimum absolute atomic E-state index is 0.126. The predicted molar refractivity (Wildman–Crippen MR) is 78.6 cm³/mol. The fourth-order valence-electron chi connectivity index (χ4n) is 1.75. The van der Waals surface area contributed by atoms with Crippen LogP contribution in [0, 0.1) is 12.8 Å². The molecule has 0 bridgehead atoms. The minimum Gasteiger partial charge on any atom is -0.465 e. The van der Waals surface area contributed by atoms with Crippen LogP contribution in [0.1, 0.15) is 35.7 Å². The van der Waals surface area contributed by atoms with Crippen molar-refractivity contribution in [1.29, 1.82) is 0 Å². The van der Waals surface area contributed by atoms with E-state index in [4.69, 9.17) is 10.5 Å². The molecule has 0 aliphatic carbocycles. The molecule has 0 saturated carbocycles. The maximum absolute atomic E-state index is 11.9. The number of carbonyl (C=O) groups is 2. The molecule has 1 aromatic carbocycles. The van der Waals surface area contributed by atoms with E-state index in [-0.39, 0.29) is 5.91 Å². The van der Waals surface area contributed by atoms with Crippen LogP contribution in [0.3, 0.4) is 0 Å². The molecule has 1 rings (SSSR count). The Morgan fingerprint density at radius 2 is 2.10 bits per heavy atom. The van der Waals surface area contributed by atoms with Gasteiger partial charge in [-0.1, -0.05) is 18.6 Å². The molecule has 0 aliphatic rings. The molecular formula is C15H22N2O3. The Labute approximate surface area is 119 Å². The second-order valence-corrected chi connectivity index (χ2v) is 4.97. The molecule has 3 N–H and O–H groups in total. The summed E-state index contributed by atoms with van der Waals surface area (Å²) < 4.78 is 4.72. The summed E-state index contributed by atoms with van der Waals surface area (Å²) in [5, 5.41) is 2.75. The van der Waals surface area contributed by atoms with Crippen molar-refractivity contribution in [2.75, 3.05) is 19.0 Å². The molecule has 0 saturated heterocycles. The first-order chi connectivity index (χ1) is 9.47. The molecule has 1 atom stereocenters. The van der Waals surface area contributed by atoms with E-state index in [9.17, 15) is 9.59 Å². The van der Waals surface area contributed by atoms with E-state index in [2.05, 4.69) is 5.32 Å². The zero-order chi connectivity index (χ0) is 15.1. The number of hydrogen-bond acceptors (Lipinski definition) is 4. The predicted octanol–water partition coefficient (Wildman–Crippen LogP) is 2.10. The summed E-state index contributed by atoms with van der Waals surface area (Å²) in [6, 6.07) is 5.25. The highest BCUT2D eigenvalue weighted by molar-refractivity contribution is 6.01. The smallest absolute Gasteiger partial charge is 0.339 e. The van der Waals surface area contributed by atoms with E-state index in [0.717, 1.165) is 12.0 Å². The van der Waals surface area contributed by atoms with Crippen LogP contribution in [-0.4, -0.2) is 25.5 Å². The molecule has 1 amide bonds. The lowest BCUT2D eigenvalue weighted by Crippen LogP contribution is -2.18. The Hall–Kier alpha value is -1.88. The van der Waals surface area contributed by atoms with Crippen LogP contribution >= 0.6 is 0 Å². The molecule has 0 spiro atoms. The number of carbonyl (C=O) groups excluding carboxylic acids is 2. The monoisotopic (exact) mass is 278 g/mol. The van der Waals surface area contributed by atoms with E-state index in [1.807, 2.05) is 19.9 Å². The summed E-state index contributed by atoms with van der Waals surface area (Å²) in [5.41, 5.74) is 7.29. The van der Waals surface area contributed by atoms with Gasteiger partial charge in [0.25, 0.3) is 0 Å². The summed E-state index contributed by atoms with van der Waals surface area (Å²) in [6.45, 7) is 4.44. The molecule has 5 heteroatoms. The van der Waals surface area contributed by atoms with Crippen LogP contribution in [0.4, 0.5) is 5.69 Å². The molecular weight excluding hydrogens is 256 g/mol. The molecule has 1 unspecified atom stereocenters. The number of methoxy groups -OCH3 is 1. The lowest BCUT2D eigenvalue weighted by Gasteiger charge is -2.12. The zero-order valence-electron chi connectivity index (χ0n) is 12.2. The van der Waals surface area contributed by atoms with E-state index < -0.39 is 5.97 Å². The number of amides is 1. The third-order valence-corrected chi connectivity index (χ3v) is 3.12. The quantitative estimate of drug-likeness (QED) is 0.781. The largest absolute Gasteiger partial charge is 0.465 e. The van der Waals surface area contributed by atoms with Gasteiger partial charge in [0.2, 0.25) is 5.91 Å². The van der Waals surface area contributed by atoms with E-state index >= 15 is 0 Å². The number of ether oxygens (including phenoxy) is 1. The standard InChI is InChI=1S/C15H22N2O3/c1-10-4-6-13(12(8-10)15(19)20-3)17-14(18)7-5-11(2)9-16/h4,6,8,11H,5,7,9,16H2,1-3H3,(H,17,18). The highest BCUT2D eigenvalue weighted by atomic mass is 16.5. The maximum Gasteiger partial charge on any atom is 0.339 e. The number of benzene rings is 1. The van der Waals surface area contributed by atoms with Crippen LogP contribution in [-0.2, 0) is 9.53 Å². The Bertz CT molecular complexity index is 486. The summed E-state index contributed by atoms with van der Waals surface area (Å²) in [4.78, 5) is 23.6. The van der Waals surface area contributed by atoms with Crippen LogP contribution in [0.25, 0.3) is 0 Å². The lowest BCUT2D eigenvalue weighted by molar-refractivity contribution is -0.116. The van der Waals surface area contributed by atoms with Gasteiger partial charge < -0.3 is 15.8 Å². The van der Waals surface area contributed by atoms with Gasteiger partial charge in [-0.05, 0) is 37.9 Å². The number of esters is 1. The van der Waals surface area contributed by atoms with Gasteiger partial charge in [0.15, 0.2) is 0 Å². The van der Waals surface area contributed by atoms with Crippen molar-refractivity contribution in [3.63, 3.8) is 0 Å². The van der Waals surface area contributed by atoms with Gasteiger partial charge in [0.05, 0.1) is 18.4 Å². The van der Waals surface area contributed by atoms with Gasteiger partial charge in [-0.15, -0.1) is 0 Å². The molecule has 1 aromatic rings. The lowest BCUT2D eigenvalue weighted by atomic mass is 10.1. The Balaban J connectivity index is 2.76. The van der Waals surface area contributed by atoms with Crippen molar-refractivity contribution >= 4 is 17.6 Å². The van der Waals surface area contributed by atoms with Crippen molar-refractivity contribution in [2.24, 2.45) is 11.7 Å². The topological polar surface area (TPSA) is 81.4 Å². The first-order valence-electron chi connectivity index (χ1n) is 6.66. The van der Waals surface area contributed by atoms with Gasteiger partial charge in [-0.2, -0.15) is 0 Å². The van der Waals surface area contributed by atoms with Crippen molar-refractivity contribution in [2.45, 2.75) is 26.7 Å². The highest BCUT2D eigenvalue weighted by Gasteiger charge is 2.14. The van der Waals surface area contributed by atoms with Gasteiger partial charge in [0.1, 0.15) is 0 Å². The summed E-state index contributed by atoms with van der Waals surface area (Å²) in [5.74, 6) is -0.280. The normalized spacial score (nSPS) is 11.8. The first kappa shape index (κ1) is 16.2. The number of nitrogens with one attached hydrogen (secondary N) is 1. The van der Waals surface area contributed by atoms with Crippen molar-refractivity contribution < 1.29 is 14.3 Å². The van der Waals surface area contributed by atoms with Crippen LogP contribution in [0.15, 0.2) is 18.2 Å². The van der Waals surface area contributed by atoms with Crippen LogP contribution in [0.5, 0.6) is 0 Å². The molecule has 0 aromatic heterocycles. The first-order valence-corrected chi connectivity index (χ1v) is 6.66. The number of anilines is 1. The zero-order valence-corrected chi connectivity index (χ0v) is 12.2. The van der Waals surface area contributed by atoms with Crippen molar-refractivity contribution in [3.05, 3.63) is 29.3 Å². The average molecular weight is 278 g/mol. The number of aryl methyl sites for hydroxylation is 1. The number of nitrogens with two attached hydrogens (primary N) is 1. The van der Waals surface area contributed by atoms with E-state index in [1.165, 1.54) is 7.11 Å². The summed E-state index contributed by atoms with van der Waals surface area (Å²) in [6.07, 6.45) is 1.11. The van der Waals surface area contributed by atoms with Crippen molar-refractivity contribution in [1.82, 2.24) is 0 Å². The second kappa shape index (κ2) is 7.65. The van der Waals surface area contributed by atoms with Crippen LogP contribution in [0.2, 0.25) is 0 Å². The SMILES string of the molecule is COC(=O)c1cc(C)ccc1NC(=O)CCC(C)CN. The molecule has 110 valence electrons. The maximum atomic E-state index is 11.9. The highest BCUT2D eigenvalue weighted by Crippen LogP contribution is 2.19. The van der Waals surface area contributed by atoms with Crippen molar-refractivity contribution in [3.8, 4) is 0 Å². The Kier molecular flexibility index (Phi) is 6.18. The van der Waals surface area contributed by atoms with Gasteiger partial charge >= 0.3 is 5.97 Å². The minimum atomic E-state index is -0.459. The Morgan fingerprint density at radius 3 is 2.70 bits per heavy atom. The molecule has 20 heavy (non-hydrogen) atoms. The fourth-order valence-corrected chi connectivity index (χ4v) is 1.75. The van der Waals surface area contributed by atoms with Gasteiger partial charge in [-0.3, -0.25) is 4.79 Å². The molecule has 0 fully saturated rings. The third kappa shape index (κ3) is 4.66. The molecule has 0 radical (unpaired) electrons. The third-order valence-electron chi connectivity index (χ3n) is 3.12. The molecule has 0 aliphatic heterocycles. The fraction of sp³-hybridized carbons (Fsp3) is 0.467. The summed E-state index contributed by atoms with van der Waals surface area (Å²) >= 11 is 0. The summed E-state index contributed by atoms with van der Waals surface area (Å²) in [7, 11) is 1.32. The van der Waals surface area contributed by atoms with Gasteiger partial charge in [-0.25, -0.2) is 4.79 Å². The van der Waals surface area contributed by atoms with E-state index in [1.54, 1.807) is 12.1 Å². The van der Waals surface area contributed by atoms with Crippen LogP contribution < -0.4 is 11.1 Å². The number of rotatable bonds is 6. The van der Waals surface area contributed by atoms with Gasteiger partial charge in [0, 0.05) is 6.42 Å². The molecule has 0 heterocycles. The van der Waals surface area contributed by atoms with E-state index in [0.29, 0.717) is 30.1 Å². The Morgan fingerprint density at radius 1 is 1.40 bits per heavy atom. The second-order valence-electron chi connectivity index (χ2n) is 4.97. The average Bonchev–Trinajstić information content (AvgIpc) is 2.45.